The van der Waals surface area contributed by atoms with E-state index in [4.69, 9.17) is 9.72 Å². The standard InChI is InChI=1S/C59H42N6O.Pt/c1-59(2,3)38-32-33-60-52(34-38)65-51-36-43(66-42-23-17-22-41(35-42)62-37-61(4)49-28-15-16-29-50(49)62)30-31-46(51)53-54-44-24-11-13-26-47(44)63(39-18-7-5-8-19-39)57(54)58-55(56(53)65)45-25-12-14-27-48(45)64(58)40-20-9-6-10-21-40;/h5-34H,1-4H3;/q-2;. The molecule has 5 heterocycles. The molecular weight excluding hydrogens is 1000 g/mol. The minimum Gasteiger partial charge on any atom is -0.510 e. The van der Waals surface area contributed by atoms with Crippen LogP contribution >= 0.6 is 0 Å². The van der Waals surface area contributed by atoms with Crippen LogP contribution in [-0.2, 0) is 33.5 Å². The van der Waals surface area contributed by atoms with E-state index in [1.165, 1.54) is 10.9 Å². The number of imidazole rings is 1. The van der Waals surface area contributed by atoms with Crippen molar-refractivity contribution >= 4 is 76.5 Å². The summed E-state index contributed by atoms with van der Waals surface area (Å²) in [5.74, 6) is 1.97. The molecule has 0 atom stereocenters. The Kier molecular flexibility index (Phi) is 9.39. The Bertz CT molecular complexity index is 4080. The zero-order valence-electron chi connectivity index (χ0n) is 37.2. The Morgan fingerprint density at radius 2 is 1.10 bits per heavy atom. The molecule has 326 valence electrons. The second kappa shape index (κ2) is 15.4. The number of hydrogen-bond donors (Lipinski definition) is 0. The van der Waals surface area contributed by atoms with Gasteiger partial charge in [-0.3, -0.25) is 0 Å². The number of aryl methyl sites for hydroxylation is 1. The Balaban J connectivity index is 0.00000468. The number of aromatic nitrogens is 6. The summed E-state index contributed by atoms with van der Waals surface area (Å²) >= 11 is 0. The van der Waals surface area contributed by atoms with Crippen molar-refractivity contribution < 1.29 is 30.4 Å². The maximum absolute atomic E-state index is 6.78. The number of ether oxygens (including phenoxy) is 1. The summed E-state index contributed by atoms with van der Waals surface area (Å²) in [7, 11) is 2.01. The molecule has 0 aliphatic rings. The Labute approximate surface area is 401 Å². The number of rotatable bonds is 6. The van der Waals surface area contributed by atoms with Crippen LogP contribution in [0.5, 0.6) is 11.5 Å². The first-order chi connectivity index (χ1) is 32.3. The van der Waals surface area contributed by atoms with Gasteiger partial charge in [0, 0.05) is 71.7 Å². The second-order valence-corrected chi connectivity index (χ2v) is 18.1. The molecule has 0 saturated carbocycles. The topological polar surface area (TPSA) is 45.7 Å². The number of pyridine rings is 1. The van der Waals surface area contributed by atoms with E-state index in [9.17, 15) is 0 Å². The SMILES string of the molecule is Cn1[c-][n+](-c2[c-]c(Oc3[c-]c4c(cc3)c3c5c6ccccc6n(-c6ccccc6)c5c5c(c6ccccc6n5-c5ccccc5)c3n4-c3cc(C(C)(C)C)ccn3)ccc2)c2ccccc21.[Pt]. The fraction of sp³-hybridized carbons (Fsp3) is 0.0847. The molecule has 0 saturated heterocycles. The predicted octanol–water partition coefficient (Wildman–Crippen LogP) is 13.6. The van der Waals surface area contributed by atoms with Gasteiger partial charge in [0.05, 0.1) is 45.7 Å². The monoisotopic (exact) mass is 1050 g/mol. The fourth-order valence-electron chi connectivity index (χ4n) is 10.2. The van der Waals surface area contributed by atoms with Gasteiger partial charge in [-0.15, -0.1) is 29.7 Å². The van der Waals surface area contributed by atoms with Crippen molar-refractivity contribution in [2.45, 2.75) is 26.2 Å². The molecule has 67 heavy (non-hydrogen) atoms. The maximum atomic E-state index is 6.78. The Hall–Kier alpha value is -7.73. The number of hydrogen-bond acceptors (Lipinski definition) is 2. The smallest absolute Gasteiger partial charge is 0.242 e. The van der Waals surface area contributed by atoms with Gasteiger partial charge in [0.15, 0.2) is 0 Å². The van der Waals surface area contributed by atoms with Crippen LogP contribution in [0.25, 0.3) is 99.3 Å². The fourth-order valence-corrected chi connectivity index (χ4v) is 10.2. The summed E-state index contributed by atoms with van der Waals surface area (Å²) in [5.41, 5.74) is 12.6. The third kappa shape index (κ3) is 6.22. The molecule has 13 rings (SSSR count). The van der Waals surface area contributed by atoms with Gasteiger partial charge in [0.2, 0.25) is 6.33 Å². The van der Waals surface area contributed by atoms with Gasteiger partial charge in [0.25, 0.3) is 0 Å². The van der Waals surface area contributed by atoms with Crippen molar-refractivity contribution in [1.29, 1.82) is 0 Å². The quantitative estimate of drug-likeness (QED) is 0.123. The molecule has 0 fully saturated rings. The summed E-state index contributed by atoms with van der Waals surface area (Å²) < 4.78 is 18.1. The molecular formula is C59H42N6OPt-2. The molecule has 13 aromatic rings. The molecule has 5 aromatic heterocycles. The molecule has 0 spiro atoms. The summed E-state index contributed by atoms with van der Waals surface area (Å²) in [5, 5.41) is 6.80. The number of benzene rings is 8. The summed E-state index contributed by atoms with van der Waals surface area (Å²) in [6, 6.07) is 69.4. The summed E-state index contributed by atoms with van der Waals surface area (Å²) in [4.78, 5) is 5.20. The zero-order chi connectivity index (χ0) is 44.3. The van der Waals surface area contributed by atoms with E-state index in [1.54, 1.807) is 0 Å². The van der Waals surface area contributed by atoms with Crippen molar-refractivity contribution in [2.75, 3.05) is 0 Å². The van der Waals surface area contributed by atoms with Gasteiger partial charge < -0.3 is 27.6 Å². The van der Waals surface area contributed by atoms with E-state index in [2.05, 4.69) is 192 Å². The van der Waals surface area contributed by atoms with Crippen LogP contribution in [0.15, 0.2) is 182 Å². The normalized spacial score (nSPS) is 12.1. The molecule has 0 aliphatic carbocycles. The van der Waals surface area contributed by atoms with Crippen LogP contribution < -0.4 is 9.30 Å². The van der Waals surface area contributed by atoms with E-state index >= 15 is 0 Å². The first-order valence-electron chi connectivity index (χ1n) is 22.4. The minimum absolute atomic E-state index is 0. The number of nitrogens with zero attached hydrogens (tertiary/aromatic N) is 6. The van der Waals surface area contributed by atoms with E-state index in [1.807, 2.05) is 58.8 Å². The molecule has 8 heteroatoms. The average Bonchev–Trinajstić information content (AvgIpc) is 4.08. The minimum atomic E-state index is -0.121. The molecule has 7 nitrogen and oxygen atoms in total. The first kappa shape index (κ1) is 40.8. The molecule has 0 N–H and O–H groups in total. The second-order valence-electron chi connectivity index (χ2n) is 18.1. The van der Waals surface area contributed by atoms with Crippen LogP contribution in [0.4, 0.5) is 0 Å². The molecule has 8 aromatic carbocycles. The van der Waals surface area contributed by atoms with Crippen molar-refractivity contribution in [2.24, 2.45) is 7.05 Å². The predicted molar refractivity (Wildman–Crippen MR) is 267 cm³/mol. The third-order valence-electron chi connectivity index (χ3n) is 13.1. The van der Waals surface area contributed by atoms with Crippen LogP contribution in [-0.4, -0.2) is 23.3 Å². The van der Waals surface area contributed by atoms with Gasteiger partial charge >= 0.3 is 0 Å². The van der Waals surface area contributed by atoms with Gasteiger partial charge in [-0.05, 0) is 64.9 Å². The summed E-state index contributed by atoms with van der Waals surface area (Å²) in [6.07, 6.45) is 5.39. The molecule has 0 bridgehead atoms. The van der Waals surface area contributed by atoms with Gasteiger partial charge in [-0.25, -0.2) is 4.98 Å². The third-order valence-corrected chi connectivity index (χ3v) is 13.1. The van der Waals surface area contributed by atoms with Crippen molar-refractivity contribution in [1.82, 2.24) is 23.3 Å². The van der Waals surface area contributed by atoms with E-state index in [0.29, 0.717) is 11.5 Å². The molecule has 0 radical (unpaired) electrons. The van der Waals surface area contributed by atoms with Crippen molar-refractivity contribution in [3.8, 4) is 34.4 Å². The molecule has 0 aliphatic heterocycles. The van der Waals surface area contributed by atoms with Gasteiger partial charge in [-0.1, -0.05) is 129 Å². The molecule has 0 amide bonds. The Morgan fingerprint density at radius 3 is 1.79 bits per heavy atom. The van der Waals surface area contributed by atoms with E-state index in [-0.39, 0.29) is 26.5 Å². The van der Waals surface area contributed by atoms with Crippen molar-refractivity contribution in [3.05, 3.63) is 206 Å². The number of para-hydroxylation sites is 6. The van der Waals surface area contributed by atoms with Crippen LogP contribution in [0.3, 0.4) is 0 Å². The molecule has 0 unspecified atom stereocenters. The van der Waals surface area contributed by atoms with E-state index < -0.39 is 0 Å². The number of fused-ring (bicyclic) bond motifs is 13. The first-order valence-corrected chi connectivity index (χ1v) is 22.4. The maximum Gasteiger partial charge on any atom is 0.242 e. The van der Waals surface area contributed by atoms with Crippen LogP contribution in [0, 0.1) is 18.5 Å². The summed E-state index contributed by atoms with van der Waals surface area (Å²) in [6.45, 7) is 6.76. The van der Waals surface area contributed by atoms with Gasteiger partial charge in [-0.2, -0.15) is 18.2 Å². The van der Waals surface area contributed by atoms with Crippen LogP contribution in [0.2, 0.25) is 0 Å². The zero-order valence-corrected chi connectivity index (χ0v) is 39.5. The largest absolute Gasteiger partial charge is 0.510 e. The van der Waals surface area contributed by atoms with E-state index in [0.717, 1.165) is 93.9 Å². The van der Waals surface area contributed by atoms with Crippen LogP contribution in [0.1, 0.15) is 26.3 Å². The average molecular weight is 1050 g/mol. The Morgan fingerprint density at radius 1 is 0.522 bits per heavy atom. The van der Waals surface area contributed by atoms with Crippen molar-refractivity contribution in [3.63, 3.8) is 0 Å². The van der Waals surface area contributed by atoms with Gasteiger partial charge in [0.1, 0.15) is 5.82 Å².